The Balaban J connectivity index is 0.00000312. The summed E-state index contributed by atoms with van der Waals surface area (Å²) in [4.78, 5) is 12.3. The fraction of sp³-hybridized carbons (Fsp3) is 0.278. The maximum atomic E-state index is 12.3. The number of benzene rings is 2. The van der Waals surface area contributed by atoms with Crippen LogP contribution in [-0.4, -0.2) is 25.2 Å². The van der Waals surface area contributed by atoms with Gasteiger partial charge in [-0.3, -0.25) is 4.79 Å². The first kappa shape index (κ1) is 21.3. The molecule has 0 aromatic heterocycles. The van der Waals surface area contributed by atoms with Crippen LogP contribution in [0.3, 0.4) is 0 Å². The van der Waals surface area contributed by atoms with E-state index in [1.807, 2.05) is 25.1 Å². The highest BCUT2D eigenvalue weighted by Gasteiger charge is 2.16. The summed E-state index contributed by atoms with van der Waals surface area (Å²) < 4.78 is 11.9. The molecule has 0 aliphatic carbocycles. The van der Waals surface area contributed by atoms with Crippen LogP contribution in [0.15, 0.2) is 46.9 Å². The van der Waals surface area contributed by atoms with Gasteiger partial charge in [-0.05, 0) is 71.7 Å². The minimum absolute atomic E-state index is 0. The monoisotopic (exact) mass is 428 g/mol. The predicted octanol–water partition coefficient (Wildman–Crippen LogP) is 3.92. The number of carbonyl (C=O) groups excluding carboxylic acids is 1. The molecule has 1 atom stereocenters. The van der Waals surface area contributed by atoms with E-state index in [-0.39, 0.29) is 18.3 Å². The third kappa shape index (κ3) is 6.57. The van der Waals surface area contributed by atoms with E-state index < -0.39 is 6.10 Å². The van der Waals surface area contributed by atoms with Crippen molar-refractivity contribution in [3.63, 3.8) is 0 Å². The second kappa shape index (κ2) is 10.3. The number of aryl methyl sites for hydroxylation is 1. The summed E-state index contributed by atoms with van der Waals surface area (Å²) in [6.45, 7) is 4.62. The smallest absolute Gasteiger partial charge is 0.265 e. The van der Waals surface area contributed by atoms with E-state index in [4.69, 9.17) is 15.2 Å². The fourth-order valence-corrected chi connectivity index (χ4v) is 2.59. The summed E-state index contributed by atoms with van der Waals surface area (Å²) in [5.74, 6) is 1.12. The lowest BCUT2D eigenvalue weighted by atomic mass is 10.2. The van der Waals surface area contributed by atoms with Gasteiger partial charge in [0.2, 0.25) is 0 Å². The number of ether oxygens (including phenoxy) is 2. The summed E-state index contributed by atoms with van der Waals surface area (Å²) in [5, 5.41) is 2.82. The van der Waals surface area contributed by atoms with Crippen molar-refractivity contribution >= 4 is 39.9 Å². The van der Waals surface area contributed by atoms with Crippen LogP contribution in [0.1, 0.15) is 12.5 Å². The van der Waals surface area contributed by atoms with Gasteiger partial charge in [-0.1, -0.05) is 6.07 Å². The second-order valence-electron chi connectivity index (χ2n) is 5.34. The predicted molar refractivity (Wildman–Crippen MR) is 106 cm³/mol. The van der Waals surface area contributed by atoms with Crippen molar-refractivity contribution in [3.8, 4) is 11.5 Å². The molecule has 7 heteroatoms. The van der Waals surface area contributed by atoms with Crippen LogP contribution in [-0.2, 0) is 4.79 Å². The second-order valence-corrected chi connectivity index (χ2v) is 6.20. The van der Waals surface area contributed by atoms with Gasteiger partial charge in [-0.15, -0.1) is 12.4 Å². The molecular weight excluding hydrogens is 408 g/mol. The number of rotatable bonds is 7. The molecule has 3 N–H and O–H groups in total. The standard InChI is InChI=1S/C18H21BrN2O3.ClH/c1-12-3-8-17(16(19)11-12)24-13(2)18(22)21-14-4-6-15(7-5-14)23-10-9-20;/h3-8,11,13H,9-10,20H2,1-2H3,(H,21,22);1H. The van der Waals surface area contributed by atoms with Gasteiger partial charge in [0.1, 0.15) is 18.1 Å². The van der Waals surface area contributed by atoms with Crippen LogP contribution in [0.5, 0.6) is 11.5 Å². The van der Waals surface area contributed by atoms with E-state index in [2.05, 4.69) is 21.2 Å². The molecule has 1 amide bonds. The molecule has 2 aromatic carbocycles. The number of hydrogen-bond acceptors (Lipinski definition) is 4. The van der Waals surface area contributed by atoms with Gasteiger partial charge < -0.3 is 20.5 Å². The molecule has 2 aromatic rings. The summed E-state index contributed by atoms with van der Waals surface area (Å²) in [5.41, 5.74) is 7.18. The first-order valence-corrected chi connectivity index (χ1v) is 8.45. The zero-order chi connectivity index (χ0) is 17.5. The normalized spacial score (nSPS) is 11.2. The van der Waals surface area contributed by atoms with Crippen LogP contribution in [0.4, 0.5) is 5.69 Å². The summed E-state index contributed by atoms with van der Waals surface area (Å²) in [7, 11) is 0. The number of anilines is 1. The van der Waals surface area contributed by atoms with Gasteiger partial charge in [0.25, 0.3) is 5.91 Å². The van der Waals surface area contributed by atoms with Crippen molar-refractivity contribution in [2.75, 3.05) is 18.5 Å². The zero-order valence-corrected chi connectivity index (χ0v) is 16.5. The number of nitrogens with two attached hydrogens (primary N) is 1. The molecule has 0 heterocycles. The Morgan fingerprint density at radius 2 is 1.92 bits per heavy atom. The number of nitrogens with one attached hydrogen (secondary N) is 1. The van der Waals surface area contributed by atoms with Crippen molar-refractivity contribution in [2.45, 2.75) is 20.0 Å². The first-order chi connectivity index (χ1) is 11.5. The van der Waals surface area contributed by atoms with Gasteiger partial charge in [-0.2, -0.15) is 0 Å². The molecular formula is C18H22BrClN2O3. The Morgan fingerprint density at radius 3 is 2.52 bits per heavy atom. The average molecular weight is 430 g/mol. The van der Waals surface area contributed by atoms with Crippen molar-refractivity contribution in [2.24, 2.45) is 5.73 Å². The number of carbonyl (C=O) groups is 1. The van der Waals surface area contributed by atoms with E-state index in [9.17, 15) is 4.79 Å². The Hall–Kier alpha value is -1.76. The Labute approximate surface area is 162 Å². The SMILES string of the molecule is Cc1ccc(OC(C)C(=O)Nc2ccc(OCCN)cc2)c(Br)c1.Cl. The highest BCUT2D eigenvalue weighted by Crippen LogP contribution is 2.27. The molecule has 0 aliphatic rings. The zero-order valence-electron chi connectivity index (χ0n) is 14.1. The van der Waals surface area contributed by atoms with Crippen LogP contribution >= 0.6 is 28.3 Å². The summed E-state index contributed by atoms with van der Waals surface area (Å²) >= 11 is 3.44. The highest BCUT2D eigenvalue weighted by molar-refractivity contribution is 9.10. The molecule has 136 valence electrons. The quantitative estimate of drug-likeness (QED) is 0.699. The number of hydrogen-bond donors (Lipinski definition) is 2. The van der Waals surface area contributed by atoms with Gasteiger partial charge in [-0.25, -0.2) is 0 Å². The lowest BCUT2D eigenvalue weighted by Gasteiger charge is -2.16. The van der Waals surface area contributed by atoms with Crippen molar-refractivity contribution in [3.05, 3.63) is 52.5 Å². The van der Waals surface area contributed by atoms with E-state index in [0.717, 1.165) is 10.0 Å². The third-order valence-corrected chi connectivity index (χ3v) is 3.89. The van der Waals surface area contributed by atoms with E-state index >= 15 is 0 Å². The largest absolute Gasteiger partial charge is 0.492 e. The third-order valence-electron chi connectivity index (χ3n) is 3.27. The molecule has 0 radical (unpaired) electrons. The van der Waals surface area contributed by atoms with Gasteiger partial charge in [0, 0.05) is 12.2 Å². The number of halogens is 2. The topological polar surface area (TPSA) is 73.6 Å². The van der Waals surface area contributed by atoms with Crippen molar-refractivity contribution in [1.29, 1.82) is 0 Å². The molecule has 0 saturated heterocycles. The maximum absolute atomic E-state index is 12.3. The molecule has 1 unspecified atom stereocenters. The molecule has 0 spiro atoms. The minimum atomic E-state index is -0.628. The average Bonchev–Trinajstić information content (AvgIpc) is 2.56. The summed E-state index contributed by atoms with van der Waals surface area (Å²) in [6, 6.07) is 12.8. The van der Waals surface area contributed by atoms with Gasteiger partial charge in [0.15, 0.2) is 6.10 Å². The lowest BCUT2D eigenvalue weighted by molar-refractivity contribution is -0.122. The van der Waals surface area contributed by atoms with E-state index in [1.54, 1.807) is 31.2 Å². The molecule has 2 rings (SSSR count). The Morgan fingerprint density at radius 1 is 1.24 bits per heavy atom. The molecule has 0 fully saturated rings. The van der Waals surface area contributed by atoms with Crippen LogP contribution < -0.4 is 20.5 Å². The molecule has 5 nitrogen and oxygen atoms in total. The molecule has 0 aliphatic heterocycles. The van der Waals surface area contributed by atoms with E-state index in [0.29, 0.717) is 30.3 Å². The first-order valence-electron chi connectivity index (χ1n) is 7.66. The minimum Gasteiger partial charge on any atom is -0.492 e. The number of amides is 1. The van der Waals surface area contributed by atoms with Crippen LogP contribution in [0.25, 0.3) is 0 Å². The van der Waals surface area contributed by atoms with Crippen LogP contribution in [0.2, 0.25) is 0 Å². The lowest BCUT2D eigenvalue weighted by Crippen LogP contribution is -2.30. The Bertz CT molecular complexity index is 695. The summed E-state index contributed by atoms with van der Waals surface area (Å²) in [6.07, 6.45) is -0.628. The van der Waals surface area contributed by atoms with Gasteiger partial charge >= 0.3 is 0 Å². The Kier molecular flexibility index (Phi) is 8.75. The molecule has 25 heavy (non-hydrogen) atoms. The van der Waals surface area contributed by atoms with Crippen LogP contribution in [0, 0.1) is 6.92 Å². The van der Waals surface area contributed by atoms with E-state index in [1.165, 1.54) is 0 Å². The van der Waals surface area contributed by atoms with Crippen molar-refractivity contribution in [1.82, 2.24) is 0 Å². The molecule has 0 saturated carbocycles. The molecule has 0 bridgehead atoms. The van der Waals surface area contributed by atoms with Gasteiger partial charge in [0.05, 0.1) is 4.47 Å². The fourth-order valence-electron chi connectivity index (χ4n) is 2.00. The maximum Gasteiger partial charge on any atom is 0.265 e. The van der Waals surface area contributed by atoms with Crippen molar-refractivity contribution < 1.29 is 14.3 Å². The highest BCUT2D eigenvalue weighted by atomic mass is 79.9.